The molecule has 1 saturated heterocycles. The van der Waals surface area contributed by atoms with Gasteiger partial charge in [-0.3, -0.25) is 9.69 Å². The van der Waals surface area contributed by atoms with E-state index in [1.165, 1.54) is 0 Å². The first-order chi connectivity index (χ1) is 12.7. The van der Waals surface area contributed by atoms with E-state index >= 15 is 0 Å². The molecule has 1 aromatic heterocycles. The highest BCUT2D eigenvalue weighted by Crippen LogP contribution is 2.19. The van der Waals surface area contributed by atoms with Crippen LogP contribution in [0.4, 0.5) is 5.95 Å². The molecule has 1 amide bonds. The minimum atomic E-state index is 0.0506. The first-order valence-corrected chi connectivity index (χ1v) is 9.74. The first kappa shape index (κ1) is 18.8. The number of carbonyl (C=O) groups excluding carboxylic acids is 1. The van der Waals surface area contributed by atoms with Gasteiger partial charge in [0.25, 0.3) is 0 Å². The molecule has 2 aromatic rings. The number of amides is 1. The zero-order valence-corrected chi connectivity index (χ0v) is 16.5. The summed E-state index contributed by atoms with van der Waals surface area (Å²) in [6.45, 7) is 5.85. The molecule has 0 bridgehead atoms. The van der Waals surface area contributed by atoms with Crippen LogP contribution in [0, 0.1) is 0 Å². The summed E-state index contributed by atoms with van der Waals surface area (Å²) in [5.74, 6) is 0.835. The molecule has 26 heavy (non-hydrogen) atoms. The molecule has 1 aliphatic heterocycles. The summed E-state index contributed by atoms with van der Waals surface area (Å²) in [4.78, 5) is 25.4. The third-order valence-corrected chi connectivity index (χ3v) is 5.12. The van der Waals surface area contributed by atoms with Crippen LogP contribution < -0.4 is 10.2 Å². The minimum Gasteiger partial charge on any atom is -0.348 e. The van der Waals surface area contributed by atoms with Crippen LogP contribution in [0.25, 0.3) is 0 Å². The molecule has 1 N–H and O–H groups in total. The zero-order chi connectivity index (χ0) is 18.4. The molecule has 138 valence electrons. The van der Waals surface area contributed by atoms with Crippen molar-refractivity contribution in [2.45, 2.75) is 19.4 Å². The Morgan fingerprint density at radius 1 is 1.15 bits per heavy atom. The van der Waals surface area contributed by atoms with Crippen molar-refractivity contribution >= 4 is 27.8 Å². The van der Waals surface area contributed by atoms with Crippen LogP contribution in [0.1, 0.15) is 24.9 Å². The molecule has 1 atom stereocenters. The lowest BCUT2D eigenvalue weighted by Gasteiger charge is -2.34. The van der Waals surface area contributed by atoms with E-state index in [4.69, 9.17) is 0 Å². The number of rotatable bonds is 6. The van der Waals surface area contributed by atoms with Crippen LogP contribution in [0.5, 0.6) is 0 Å². The number of anilines is 1. The van der Waals surface area contributed by atoms with Crippen molar-refractivity contribution < 1.29 is 4.79 Å². The number of nitrogens with one attached hydrogen (secondary N) is 1. The summed E-state index contributed by atoms with van der Waals surface area (Å²) < 4.78 is 1.04. The number of halogens is 1. The van der Waals surface area contributed by atoms with Crippen LogP contribution in [-0.4, -0.2) is 53.5 Å². The number of aromatic nitrogens is 2. The van der Waals surface area contributed by atoms with Crippen LogP contribution in [0.15, 0.2) is 47.2 Å². The van der Waals surface area contributed by atoms with Gasteiger partial charge in [-0.05, 0) is 30.2 Å². The van der Waals surface area contributed by atoms with Crippen molar-refractivity contribution in [1.29, 1.82) is 0 Å². The maximum absolute atomic E-state index is 12.5. The summed E-state index contributed by atoms with van der Waals surface area (Å²) in [6.07, 6.45) is 4.39. The van der Waals surface area contributed by atoms with Crippen molar-refractivity contribution in [3.8, 4) is 0 Å². The highest BCUT2D eigenvalue weighted by molar-refractivity contribution is 9.10. The van der Waals surface area contributed by atoms with E-state index in [2.05, 4.69) is 60.1 Å². The second kappa shape index (κ2) is 9.09. The third-order valence-electron chi connectivity index (χ3n) is 4.59. The standard InChI is InChI=1S/C19H24BrN5O/c1-2-17(15-4-6-16(20)7-5-15)23-18(26)14-24-10-12-25(13-11-24)19-21-8-3-9-22-19/h3-9,17H,2,10-14H2,1H3,(H,23,26)/t17-/m0/s1. The van der Waals surface area contributed by atoms with Gasteiger partial charge >= 0.3 is 0 Å². The van der Waals surface area contributed by atoms with E-state index in [1.54, 1.807) is 12.4 Å². The van der Waals surface area contributed by atoms with Gasteiger partial charge in [-0.15, -0.1) is 0 Å². The Kier molecular flexibility index (Phi) is 6.57. The van der Waals surface area contributed by atoms with E-state index in [0.29, 0.717) is 6.54 Å². The molecule has 0 aliphatic carbocycles. The normalized spacial score (nSPS) is 16.3. The average Bonchev–Trinajstić information content (AvgIpc) is 2.68. The van der Waals surface area contributed by atoms with Gasteiger partial charge in [0, 0.05) is 43.0 Å². The van der Waals surface area contributed by atoms with Crippen LogP contribution in [0.2, 0.25) is 0 Å². The molecule has 0 saturated carbocycles. The number of carbonyl (C=O) groups is 1. The second-order valence-electron chi connectivity index (χ2n) is 6.39. The number of benzene rings is 1. The molecule has 1 aliphatic rings. The lowest BCUT2D eigenvalue weighted by atomic mass is 10.0. The largest absolute Gasteiger partial charge is 0.348 e. The van der Waals surface area contributed by atoms with E-state index in [-0.39, 0.29) is 11.9 Å². The molecule has 3 rings (SSSR count). The lowest BCUT2D eigenvalue weighted by Crippen LogP contribution is -2.50. The molecule has 6 nitrogen and oxygen atoms in total. The number of piperazine rings is 1. The molecule has 0 radical (unpaired) electrons. The average molecular weight is 418 g/mol. The van der Waals surface area contributed by atoms with Crippen molar-refractivity contribution in [3.63, 3.8) is 0 Å². The maximum atomic E-state index is 12.5. The number of nitrogens with zero attached hydrogens (tertiary/aromatic N) is 4. The van der Waals surface area contributed by atoms with Gasteiger partial charge in [0.05, 0.1) is 12.6 Å². The van der Waals surface area contributed by atoms with Crippen LogP contribution in [-0.2, 0) is 4.79 Å². The molecule has 7 heteroatoms. The Morgan fingerprint density at radius 3 is 2.42 bits per heavy atom. The highest BCUT2D eigenvalue weighted by Gasteiger charge is 2.21. The summed E-state index contributed by atoms with van der Waals surface area (Å²) >= 11 is 3.45. The van der Waals surface area contributed by atoms with Gasteiger partial charge in [0.2, 0.25) is 11.9 Å². The van der Waals surface area contributed by atoms with Crippen LogP contribution in [0.3, 0.4) is 0 Å². The fourth-order valence-corrected chi connectivity index (χ4v) is 3.38. The van der Waals surface area contributed by atoms with E-state index in [9.17, 15) is 4.79 Å². The Bertz CT molecular complexity index is 702. The van der Waals surface area contributed by atoms with Gasteiger partial charge in [-0.1, -0.05) is 35.0 Å². The molecule has 0 unspecified atom stereocenters. The summed E-state index contributed by atoms with van der Waals surface area (Å²) in [5, 5.41) is 3.16. The van der Waals surface area contributed by atoms with Crippen LogP contribution >= 0.6 is 15.9 Å². The molecular weight excluding hydrogens is 394 g/mol. The Balaban J connectivity index is 1.48. The van der Waals surface area contributed by atoms with Crippen molar-refractivity contribution in [3.05, 3.63) is 52.8 Å². The molecule has 0 spiro atoms. The van der Waals surface area contributed by atoms with E-state index in [0.717, 1.165) is 48.6 Å². The molecule has 1 fully saturated rings. The quantitative estimate of drug-likeness (QED) is 0.782. The highest BCUT2D eigenvalue weighted by atomic mass is 79.9. The van der Waals surface area contributed by atoms with Crippen molar-refractivity contribution in [2.24, 2.45) is 0 Å². The first-order valence-electron chi connectivity index (χ1n) is 8.95. The summed E-state index contributed by atoms with van der Waals surface area (Å²) in [5.41, 5.74) is 1.13. The van der Waals surface area contributed by atoms with Gasteiger partial charge in [0.15, 0.2) is 0 Å². The monoisotopic (exact) mass is 417 g/mol. The summed E-state index contributed by atoms with van der Waals surface area (Å²) in [6, 6.07) is 9.99. The molecule has 1 aromatic carbocycles. The van der Waals surface area contributed by atoms with Gasteiger partial charge < -0.3 is 10.2 Å². The summed E-state index contributed by atoms with van der Waals surface area (Å²) in [7, 11) is 0. The number of hydrogen-bond donors (Lipinski definition) is 1. The van der Waals surface area contributed by atoms with Gasteiger partial charge in [0.1, 0.15) is 0 Å². The van der Waals surface area contributed by atoms with Gasteiger partial charge in [-0.25, -0.2) is 9.97 Å². The Hall–Kier alpha value is -1.99. The molecular formula is C19H24BrN5O. The van der Waals surface area contributed by atoms with E-state index < -0.39 is 0 Å². The molecule has 2 heterocycles. The van der Waals surface area contributed by atoms with Crippen molar-refractivity contribution in [2.75, 3.05) is 37.6 Å². The predicted octanol–water partition coefficient (Wildman–Crippen LogP) is 2.63. The zero-order valence-electron chi connectivity index (χ0n) is 14.9. The SMILES string of the molecule is CC[C@H](NC(=O)CN1CCN(c2ncccn2)CC1)c1ccc(Br)cc1. The van der Waals surface area contributed by atoms with Gasteiger partial charge in [-0.2, -0.15) is 0 Å². The predicted molar refractivity (Wildman–Crippen MR) is 106 cm³/mol. The second-order valence-corrected chi connectivity index (χ2v) is 7.31. The van der Waals surface area contributed by atoms with Crippen molar-refractivity contribution in [1.82, 2.24) is 20.2 Å². The lowest BCUT2D eigenvalue weighted by molar-refractivity contribution is -0.123. The topological polar surface area (TPSA) is 61.4 Å². The fraction of sp³-hybridized carbons (Fsp3) is 0.421. The fourth-order valence-electron chi connectivity index (χ4n) is 3.12. The Morgan fingerprint density at radius 2 is 1.81 bits per heavy atom. The van der Waals surface area contributed by atoms with E-state index in [1.807, 2.05) is 18.2 Å². The third kappa shape index (κ3) is 5.02. The smallest absolute Gasteiger partial charge is 0.234 e. The maximum Gasteiger partial charge on any atom is 0.234 e. The minimum absolute atomic E-state index is 0.0506. The number of hydrogen-bond acceptors (Lipinski definition) is 5. The Labute approximate surface area is 162 Å².